The van der Waals surface area contributed by atoms with Gasteiger partial charge in [0.05, 0.1) is 23.8 Å². The summed E-state index contributed by atoms with van der Waals surface area (Å²) in [5, 5.41) is 5.25. The van der Waals surface area contributed by atoms with E-state index in [-0.39, 0.29) is 5.43 Å². The molecule has 0 aliphatic rings. The van der Waals surface area contributed by atoms with Crippen molar-refractivity contribution < 1.29 is 4.74 Å². The Kier molecular flexibility index (Phi) is 2.94. The molecule has 0 unspecified atom stereocenters. The first-order valence-corrected chi connectivity index (χ1v) is 7.32. The van der Waals surface area contributed by atoms with Gasteiger partial charge in [0.1, 0.15) is 5.75 Å². The molecule has 23 heavy (non-hydrogen) atoms. The molecular formula is C18H15N3O2. The van der Waals surface area contributed by atoms with E-state index >= 15 is 0 Å². The maximum absolute atomic E-state index is 11.6. The maximum atomic E-state index is 11.6. The minimum absolute atomic E-state index is 0.0321. The van der Waals surface area contributed by atoms with E-state index in [4.69, 9.17) is 4.74 Å². The Bertz CT molecular complexity index is 1080. The average Bonchev–Trinajstić information content (AvgIpc) is 3.00. The molecule has 2 aromatic heterocycles. The van der Waals surface area contributed by atoms with Crippen LogP contribution in [0.3, 0.4) is 0 Å². The van der Waals surface area contributed by atoms with Crippen LogP contribution in [-0.4, -0.2) is 21.9 Å². The fourth-order valence-electron chi connectivity index (χ4n) is 2.90. The Balaban J connectivity index is 2.07. The van der Waals surface area contributed by atoms with Crippen LogP contribution in [0.25, 0.3) is 27.5 Å². The van der Waals surface area contributed by atoms with Gasteiger partial charge in [0.25, 0.3) is 0 Å². The van der Waals surface area contributed by atoms with E-state index in [1.54, 1.807) is 19.2 Å². The fourth-order valence-corrected chi connectivity index (χ4v) is 2.90. The summed E-state index contributed by atoms with van der Waals surface area (Å²) in [6.45, 7) is 1.95. The minimum Gasteiger partial charge on any atom is -0.497 e. The molecule has 0 aliphatic carbocycles. The van der Waals surface area contributed by atoms with Crippen LogP contribution in [0, 0.1) is 6.92 Å². The number of H-pyrrole nitrogens is 1. The van der Waals surface area contributed by atoms with Crippen molar-refractivity contribution in [2.75, 3.05) is 7.11 Å². The third-order valence-electron chi connectivity index (χ3n) is 4.05. The summed E-state index contributed by atoms with van der Waals surface area (Å²) in [7, 11) is 1.65. The van der Waals surface area contributed by atoms with E-state index in [1.807, 2.05) is 48.1 Å². The number of methoxy groups -OCH3 is 1. The summed E-state index contributed by atoms with van der Waals surface area (Å²) in [4.78, 5) is 16.2. The summed E-state index contributed by atoms with van der Waals surface area (Å²) in [5.41, 5.74) is 3.57. The van der Waals surface area contributed by atoms with Gasteiger partial charge in [0, 0.05) is 28.7 Å². The molecule has 1 N–H and O–H groups in total. The number of nitrogens with zero attached hydrogens (tertiary/aromatic N) is 2. The number of benzene rings is 2. The van der Waals surface area contributed by atoms with E-state index in [0.29, 0.717) is 5.52 Å². The van der Waals surface area contributed by atoms with Gasteiger partial charge in [-0.1, -0.05) is 0 Å². The summed E-state index contributed by atoms with van der Waals surface area (Å²) < 4.78 is 7.21. The van der Waals surface area contributed by atoms with Gasteiger partial charge < -0.3 is 9.84 Å². The predicted octanol–water partition coefficient (Wildman–Crippen LogP) is 3.18. The largest absolute Gasteiger partial charge is 0.497 e. The molecule has 2 heterocycles. The molecule has 0 spiro atoms. The van der Waals surface area contributed by atoms with Crippen LogP contribution in [0.5, 0.6) is 5.75 Å². The van der Waals surface area contributed by atoms with Gasteiger partial charge in [-0.3, -0.25) is 14.5 Å². The number of hydrogen-bond donors (Lipinski definition) is 1. The number of nitrogens with one attached hydrogen (secondary N) is 1. The highest BCUT2D eigenvalue weighted by atomic mass is 16.5. The molecule has 0 saturated carbocycles. The van der Waals surface area contributed by atoms with Gasteiger partial charge >= 0.3 is 0 Å². The van der Waals surface area contributed by atoms with Crippen molar-refractivity contribution in [1.82, 2.24) is 14.8 Å². The molecule has 2 aromatic carbocycles. The monoisotopic (exact) mass is 305 g/mol. The van der Waals surface area contributed by atoms with Gasteiger partial charge in [-0.25, -0.2) is 0 Å². The Labute approximate surface area is 132 Å². The van der Waals surface area contributed by atoms with Gasteiger partial charge in [0.15, 0.2) is 5.43 Å². The molecule has 114 valence electrons. The van der Waals surface area contributed by atoms with Crippen LogP contribution < -0.4 is 10.2 Å². The second kappa shape index (κ2) is 4.98. The lowest BCUT2D eigenvalue weighted by atomic mass is 10.1. The third kappa shape index (κ3) is 2.09. The molecule has 0 amide bonds. The van der Waals surface area contributed by atoms with Crippen LogP contribution in [0.1, 0.15) is 5.69 Å². The van der Waals surface area contributed by atoms with Crippen LogP contribution in [-0.2, 0) is 0 Å². The first-order valence-electron chi connectivity index (χ1n) is 7.32. The quantitative estimate of drug-likeness (QED) is 0.619. The minimum atomic E-state index is -0.0321. The number of fused-ring (bicyclic) bond motifs is 3. The first kappa shape index (κ1) is 13.6. The number of aromatic amines is 1. The molecule has 0 radical (unpaired) electrons. The molecule has 0 fully saturated rings. The lowest BCUT2D eigenvalue weighted by Crippen LogP contribution is -2.00. The van der Waals surface area contributed by atoms with E-state index in [2.05, 4.69) is 10.1 Å². The zero-order valence-electron chi connectivity index (χ0n) is 12.8. The van der Waals surface area contributed by atoms with Gasteiger partial charge in [-0.05, 0) is 43.3 Å². The fraction of sp³-hybridized carbons (Fsp3) is 0.111. The van der Waals surface area contributed by atoms with Crippen molar-refractivity contribution in [2.45, 2.75) is 6.92 Å². The van der Waals surface area contributed by atoms with Gasteiger partial charge in [0.2, 0.25) is 0 Å². The molecule has 0 bridgehead atoms. The van der Waals surface area contributed by atoms with Crippen LogP contribution in [0.15, 0.2) is 53.5 Å². The molecule has 4 aromatic rings. The molecule has 4 rings (SSSR count). The van der Waals surface area contributed by atoms with Gasteiger partial charge in [-0.15, -0.1) is 0 Å². The van der Waals surface area contributed by atoms with Crippen molar-refractivity contribution in [2.24, 2.45) is 0 Å². The highest BCUT2D eigenvalue weighted by Gasteiger charge is 2.12. The highest BCUT2D eigenvalue weighted by Crippen LogP contribution is 2.28. The zero-order valence-corrected chi connectivity index (χ0v) is 12.8. The number of ether oxygens (including phenoxy) is 1. The summed E-state index contributed by atoms with van der Waals surface area (Å²) in [5.74, 6) is 0.809. The Morgan fingerprint density at radius 1 is 1.09 bits per heavy atom. The summed E-state index contributed by atoms with van der Waals surface area (Å²) >= 11 is 0. The predicted molar refractivity (Wildman–Crippen MR) is 90.5 cm³/mol. The number of hydrogen-bond acceptors (Lipinski definition) is 3. The lowest BCUT2D eigenvalue weighted by molar-refractivity contribution is 0.414. The third-order valence-corrected chi connectivity index (χ3v) is 4.05. The van der Waals surface area contributed by atoms with Crippen molar-refractivity contribution in [3.8, 4) is 11.4 Å². The van der Waals surface area contributed by atoms with E-state index in [1.165, 1.54) is 0 Å². The SMILES string of the molecule is COc1ccc(-n2[nH]cc3c(C)nc4cc(=O)ccc4c32)cc1. The number of rotatable bonds is 2. The number of aryl methyl sites for hydroxylation is 1. The van der Waals surface area contributed by atoms with E-state index < -0.39 is 0 Å². The Morgan fingerprint density at radius 2 is 1.87 bits per heavy atom. The van der Waals surface area contributed by atoms with Crippen molar-refractivity contribution in [1.29, 1.82) is 0 Å². The molecular weight excluding hydrogens is 290 g/mol. The standard InChI is InChI=1S/C18H15N3O2/c1-11-16-10-19-21(12-3-6-14(23-2)7-4-12)18(16)15-8-5-13(22)9-17(15)20-11/h3-10,19H,1-2H3. The Hall–Kier alpha value is -3.08. The van der Waals surface area contributed by atoms with Crippen LogP contribution in [0.2, 0.25) is 0 Å². The molecule has 5 heteroatoms. The van der Waals surface area contributed by atoms with Crippen molar-refractivity contribution >= 4 is 21.8 Å². The van der Waals surface area contributed by atoms with Crippen LogP contribution >= 0.6 is 0 Å². The normalized spacial score (nSPS) is 11.2. The zero-order chi connectivity index (χ0) is 16.0. The second-order valence-electron chi connectivity index (χ2n) is 5.45. The lowest BCUT2D eigenvalue weighted by Gasteiger charge is -2.09. The van der Waals surface area contributed by atoms with E-state index in [0.717, 1.165) is 33.4 Å². The number of aromatic nitrogens is 3. The molecule has 0 atom stereocenters. The summed E-state index contributed by atoms with van der Waals surface area (Å²) in [6.07, 6.45) is 1.94. The van der Waals surface area contributed by atoms with E-state index in [9.17, 15) is 4.79 Å². The molecule has 0 saturated heterocycles. The van der Waals surface area contributed by atoms with Gasteiger partial charge in [-0.2, -0.15) is 0 Å². The smallest absolute Gasteiger partial charge is 0.180 e. The first-order chi connectivity index (χ1) is 11.2. The molecule has 5 nitrogen and oxygen atoms in total. The maximum Gasteiger partial charge on any atom is 0.180 e. The summed E-state index contributed by atoms with van der Waals surface area (Å²) in [6, 6.07) is 12.8. The molecule has 0 aliphatic heterocycles. The average molecular weight is 305 g/mol. The highest BCUT2D eigenvalue weighted by molar-refractivity contribution is 6.05. The Morgan fingerprint density at radius 3 is 2.61 bits per heavy atom. The second-order valence-corrected chi connectivity index (χ2v) is 5.45. The van der Waals surface area contributed by atoms with Crippen LogP contribution in [0.4, 0.5) is 0 Å². The number of pyridine rings is 1. The topological polar surface area (TPSA) is 59.9 Å². The van der Waals surface area contributed by atoms with Crippen molar-refractivity contribution in [3.63, 3.8) is 0 Å². The van der Waals surface area contributed by atoms with Crippen molar-refractivity contribution in [3.05, 3.63) is 64.6 Å².